The fourth-order valence-electron chi connectivity index (χ4n) is 2.16. The molecule has 0 aliphatic heterocycles. The number of hydrogen-bond donors (Lipinski definition) is 3. The molecule has 0 unspecified atom stereocenters. The lowest BCUT2D eigenvalue weighted by Gasteiger charge is -2.16. The Morgan fingerprint density at radius 2 is 1.74 bits per heavy atom. The quantitative estimate of drug-likeness (QED) is 0.670. The Balaban J connectivity index is 2.41. The molecule has 3 N–H and O–H groups in total. The first-order valence-electron chi connectivity index (χ1n) is 7.47. The molecular formula is C14H16F6N6O. The van der Waals surface area contributed by atoms with Gasteiger partial charge in [-0.2, -0.15) is 36.4 Å². The minimum atomic E-state index is -4.84. The Bertz CT molecular complexity index is 808. The van der Waals surface area contributed by atoms with Gasteiger partial charge >= 0.3 is 12.4 Å². The summed E-state index contributed by atoms with van der Waals surface area (Å²) in [5, 5.41) is 17.6. The van der Waals surface area contributed by atoms with E-state index in [0.717, 1.165) is 10.9 Å². The molecule has 0 aliphatic carbocycles. The van der Waals surface area contributed by atoms with Crippen molar-refractivity contribution < 1.29 is 31.4 Å². The Morgan fingerprint density at radius 1 is 1.11 bits per heavy atom. The smallest absolute Gasteiger partial charge is 0.389 e. The molecule has 0 radical (unpaired) electrons. The molecule has 2 aromatic rings. The first kappa shape index (κ1) is 20.7. The van der Waals surface area contributed by atoms with Gasteiger partial charge in [-0.3, -0.25) is 4.68 Å². The number of nitrogens with one attached hydrogen (secondary N) is 2. The first-order chi connectivity index (χ1) is 12.2. The maximum Gasteiger partial charge on any atom is 0.437 e. The molecule has 150 valence electrons. The SMILES string of the molecule is CNc1nc(Nc2cn(CC(C)(C)O)nc2C(F)(F)F)ncc1C(F)(F)F. The van der Waals surface area contributed by atoms with E-state index < -0.39 is 46.7 Å². The lowest BCUT2D eigenvalue weighted by Crippen LogP contribution is -2.26. The van der Waals surface area contributed by atoms with Crippen LogP contribution < -0.4 is 10.6 Å². The fraction of sp³-hybridized carbons (Fsp3) is 0.500. The summed E-state index contributed by atoms with van der Waals surface area (Å²) < 4.78 is 79.0. The van der Waals surface area contributed by atoms with Crippen molar-refractivity contribution in [1.82, 2.24) is 19.7 Å². The van der Waals surface area contributed by atoms with Crippen molar-refractivity contribution in [1.29, 1.82) is 0 Å². The topological polar surface area (TPSA) is 87.9 Å². The number of aliphatic hydroxyl groups is 1. The van der Waals surface area contributed by atoms with Gasteiger partial charge in [-0.25, -0.2) is 4.98 Å². The van der Waals surface area contributed by atoms with Crippen LogP contribution in [0.5, 0.6) is 0 Å². The van der Waals surface area contributed by atoms with Gasteiger partial charge in [0.05, 0.1) is 17.8 Å². The van der Waals surface area contributed by atoms with E-state index in [-0.39, 0.29) is 6.54 Å². The highest BCUT2D eigenvalue weighted by molar-refractivity contribution is 5.58. The van der Waals surface area contributed by atoms with Crippen molar-refractivity contribution in [3.63, 3.8) is 0 Å². The van der Waals surface area contributed by atoms with Crippen molar-refractivity contribution in [2.24, 2.45) is 0 Å². The molecule has 2 aromatic heterocycles. The lowest BCUT2D eigenvalue weighted by atomic mass is 10.1. The second-order valence-corrected chi connectivity index (χ2v) is 6.23. The fourth-order valence-corrected chi connectivity index (χ4v) is 2.16. The van der Waals surface area contributed by atoms with E-state index in [9.17, 15) is 31.4 Å². The average Bonchev–Trinajstić information content (AvgIpc) is 2.86. The molecule has 27 heavy (non-hydrogen) atoms. The van der Waals surface area contributed by atoms with Gasteiger partial charge in [-0.15, -0.1) is 0 Å². The van der Waals surface area contributed by atoms with Gasteiger partial charge in [0.2, 0.25) is 5.95 Å². The Morgan fingerprint density at radius 3 is 2.22 bits per heavy atom. The van der Waals surface area contributed by atoms with E-state index in [1.165, 1.54) is 20.9 Å². The summed E-state index contributed by atoms with van der Waals surface area (Å²) >= 11 is 0. The summed E-state index contributed by atoms with van der Waals surface area (Å²) in [4.78, 5) is 6.97. The van der Waals surface area contributed by atoms with Crippen LogP contribution in [0, 0.1) is 0 Å². The highest BCUT2D eigenvalue weighted by Crippen LogP contribution is 2.36. The van der Waals surface area contributed by atoms with Gasteiger partial charge in [0.1, 0.15) is 11.4 Å². The Kier molecular flexibility index (Phi) is 5.27. The van der Waals surface area contributed by atoms with Crippen molar-refractivity contribution in [3.05, 3.63) is 23.7 Å². The maximum absolute atomic E-state index is 13.2. The monoisotopic (exact) mass is 398 g/mol. The van der Waals surface area contributed by atoms with Gasteiger partial charge in [-0.1, -0.05) is 0 Å². The third-order valence-electron chi connectivity index (χ3n) is 3.16. The van der Waals surface area contributed by atoms with Crippen LogP contribution in [0.3, 0.4) is 0 Å². The number of aromatic nitrogens is 4. The number of rotatable bonds is 5. The molecular weight excluding hydrogens is 382 g/mol. The molecule has 0 saturated carbocycles. The van der Waals surface area contributed by atoms with E-state index in [0.29, 0.717) is 6.20 Å². The normalized spacial score (nSPS) is 13.0. The van der Waals surface area contributed by atoms with Crippen LogP contribution in [0.15, 0.2) is 12.4 Å². The number of nitrogens with zero attached hydrogens (tertiary/aromatic N) is 4. The predicted octanol–water partition coefficient (Wildman–Crippen LogP) is 3.27. The van der Waals surface area contributed by atoms with Crippen LogP contribution in [0.1, 0.15) is 25.1 Å². The van der Waals surface area contributed by atoms with E-state index >= 15 is 0 Å². The van der Waals surface area contributed by atoms with Crippen LogP contribution in [0.4, 0.5) is 43.8 Å². The minimum Gasteiger partial charge on any atom is -0.389 e. The molecule has 2 rings (SSSR count). The van der Waals surface area contributed by atoms with Crippen molar-refractivity contribution in [3.8, 4) is 0 Å². The average molecular weight is 398 g/mol. The third kappa shape index (κ3) is 5.21. The molecule has 0 fully saturated rings. The zero-order valence-electron chi connectivity index (χ0n) is 14.4. The minimum absolute atomic E-state index is 0.243. The molecule has 0 amide bonds. The number of alkyl halides is 6. The molecule has 0 bridgehead atoms. The third-order valence-corrected chi connectivity index (χ3v) is 3.16. The van der Waals surface area contributed by atoms with Gasteiger partial charge in [0, 0.05) is 19.4 Å². The second-order valence-electron chi connectivity index (χ2n) is 6.23. The summed E-state index contributed by atoms with van der Waals surface area (Å²) in [5.41, 5.74) is -4.38. The van der Waals surface area contributed by atoms with E-state index in [1.807, 2.05) is 0 Å². The van der Waals surface area contributed by atoms with Crippen LogP contribution >= 0.6 is 0 Å². The molecule has 2 heterocycles. The Hall–Kier alpha value is -2.57. The summed E-state index contributed by atoms with van der Waals surface area (Å²) in [5.74, 6) is -1.09. The molecule has 0 spiro atoms. The summed E-state index contributed by atoms with van der Waals surface area (Å²) in [6.07, 6.45) is -8.16. The zero-order valence-corrected chi connectivity index (χ0v) is 14.4. The van der Waals surface area contributed by atoms with E-state index in [1.54, 1.807) is 0 Å². The van der Waals surface area contributed by atoms with Crippen LogP contribution in [0.2, 0.25) is 0 Å². The second kappa shape index (κ2) is 6.87. The van der Waals surface area contributed by atoms with Crippen molar-refractivity contribution >= 4 is 17.5 Å². The molecule has 0 aromatic carbocycles. The van der Waals surface area contributed by atoms with E-state index in [2.05, 4.69) is 25.7 Å². The largest absolute Gasteiger partial charge is 0.437 e. The van der Waals surface area contributed by atoms with Crippen molar-refractivity contribution in [2.75, 3.05) is 17.7 Å². The molecule has 0 aliphatic rings. The zero-order chi connectivity index (χ0) is 20.6. The number of halogens is 6. The van der Waals surface area contributed by atoms with Gasteiger partial charge in [0.25, 0.3) is 0 Å². The molecule has 7 nitrogen and oxygen atoms in total. The predicted molar refractivity (Wildman–Crippen MR) is 83.4 cm³/mol. The van der Waals surface area contributed by atoms with Gasteiger partial charge < -0.3 is 15.7 Å². The Labute approximate surface area is 149 Å². The number of anilines is 3. The lowest BCUT2D eigenvalue weighted by molar-refractivity contribution is -0.141. The van der Waals surface area contributed by atoms with Crippen molar-refractivity contribution in [2.45, 2.75) is 38.3 Å². The first-order valence-corrected chi connectivity index (χ1v) is 7.47. The highest BCUT2D eigenvalue weighted by atomic mass is 19.4. The summed E-state index contributed by atoms with van der Waals surface area (Å²) in [7, 11) is 1.18. The van der Waals surface area contributed by atoms with Gasteiger partial charge in [-0.05, 0) is 13.8 Å². The summed E-state index contributed by atoms with van der Waals surface area (Å²) in [6, 6.07) is 0. The van der Waals surface area contributed by atoms with Crippen LogP contribution in [0.25, 0.3) is 0 Å². The summed E-state index contributed by atoms with van der Waals surface area (Å²) in [6.45, 7) is 2.52. The molecule has 0 atom stereocenters. The molecule has 13 heteroatoms. The molecule has 0 saturated heterocycles. The number of hydrogen-bond acceptors (Lipinski definition) is 6. The maximum atomic E-state index is 13.2. The van der Waals surface area contributed by atoms with Crippen LogP contribution in [-0.2, 0) is 18.9 Å². The van der Waals surface area contributed by atoms with E-state index in [4.69, 9.17) is 0 Å². The standard InChI is InChI=1S/C14H16F6N6O/c1-12(2,27)6-26-5-8(9(25-26)14(18,19)20)23-11-22-4-7(13(15,16)17)10(21-3)24-11/h4-5,27H,6H2,1-3H3,(H2,21,22,23,24). The highest BCUT2D eigenvalue weighted by Gasteiger charge is 2.39. The van der Waals surface area contributed by atoms with Gasteiger partial charge in [0.15, 0.2) is 5.69 Å². The van der Waals surface area contributed by atoms with Crippen LogP contribution in [-0.4, -0.2) is 37.5 Å².